The summed E-state index contributed by atoms with van der Waals surface area (Å²) in [6, 6.07) is 0.230. The van der Waals surface area contributed by atoms with Crippen LogP contribution in [-0.2, 0) is 0 Å². The maximum Gasteiger partial charge on any atom is 0.197 e. The Hall–Kier alpha value is -1.17. The molecule has 0 saturated heterocycles. The fraction of sp³-hybridized carbons (Fsp3) is 0.500. The second-order valence-corrected chi connectivity index (χ2v) is 4.00. The molecule has 1 rings (SSSR count). The molecule has 2 unspecified atom stereocenters. The third-order valence-electron chi connectivity index (χ3n) is 2.62. The minimum Gasteiger partial charge on any atom is -0.390 e. The van der Waals surface area contributed by atoms with E-state index in [9.17, 15) is 27.1 Å². The highest BCUT2D eigenvalue weighted by atomic mass is 19.2. The molecule has 0 spiro atoms. The van der Waals surface area contributed by atoms with E-state index >= 15 is 0 Å². The van der Waals surface area contributed by atoms with Crippen molar-refractivity contribution in [3.8, 4) is 0 Å². The average Bonchev–Trinajstić information content (AvgIpc) is 2.36. The normalized spacial score (nSPS) is 14.6. The number of halogens is 5. The van der Waals surface area contributed by atoms with Crippen LogP contribution in [0.1, 0.15) is 37.9 Å². The summed E-state index contributed by atoms with van der Waals surface area (Å²) in [5, 5.41) is 9.40. The zero-order chi connectivity index (χ0) is 13.9. The van der Waals surface area contributed by atoms with Crippen LogP contribution in [0.3, 0.4) is 0 Å². The van der Waals surface area contributed by atoms with E-state index < -0.39 is 41.1 Å². The molecule has 0 bridgehead atoms. The maximum absolute atomic E-state index is 13.7. The summed E-state index contributed by atoms with van der Waals surface area (Å²) in [6.45, 7) is 1.80. The number of benzene rings is 1. The minimum absolute atomic E-state index is 0.0255. The van der Waals surface area contributed by atoms with Crippen LogP contribution in [0, 0.1) is 23.3 Å². The highest BCUT2D eigenvalue weighted by Gasteiger charge is 2.28. The summed E-state index contributed by atoms with van der Waals surface area (Å²) in [5.74, 6) is -7.56. The van der Waals surface area contributed by atoms with Crippen LogP contribution < -0.4 is 0 Å². The molecule has 0 heterocycles. The molecule has 1 nitrogen and oxygen atoms in total. The van der Waals surface area contributed by atoms with E-state index in [1.807, 2.05) is 0 Å². The molecule has 0 radical (unpaired) electrons. The lowest BCUT2D eigenvalue weighted by atomic mass is 10.0. The molecule has 1 N–H and O–H groups in total. The number of hydrogen-bond acceptors (Lipinski definition) is 1. The quantitative estimate of drug-likeness (QED) is 0.489. The molecule has 2 atom stereocenters. The Bertz CT molecular complexity index is 421. The van der Waals surface area contributed by atoms with Gasteiger partial charge in [-0.1, -0.05) is 19.8 Å². The second kappa shape index (κ2) is 6.13. The van der Waals surface area contributed by atoms with Gasteiger partial charge in [0, 0.05) is 5.56 Å². The number of unbranched alkanes of at least 4 members (excludes halogenated alkanes) is 1. The predicted octanol–water partition coefficient (Wildman–Crippen LogP) is 3.80. The Morgan fingerprint density at radius 1 is 1.11 bits per heavy atom. The van der Waals surface area contributed by atoms with E-state index in [0.717, 1.165) is 0 Å². The molecule has 0 aliphatic heterocycles. The van der Waals surface area contributed by atoms with Gasteiger partial charge in [0.2, 0.25) is 0 Å². The second-order valence-electron chi connectivity index (χ2n) is 4.00. The zero-order valence-corrected chi connectivity index (χ0v) is 9.69. The van der Waals surface area contributed by atoms with Crippen molar-refractivity contribution in [3.05, 3.63) is 34.9 Å². The number of rotatable bonds is 5. The van der Waals surface area contributed by atoms with Crippen molar-refractivity contribution in [3.63, 3.8) is 0 Å². The molecule has 0 aliphatic carbocycles. The van der Waals surface area contributed by atoms with E-state index in [0.29, 0.717) is 12.8 Å². The molecule has 0 aromatic heterocycles. The molecule has 0 aliphatic rings. The van der Waals surface area contributed by atoms with Crippen LogP contribution in [0.4, 0.5) is 22.0 Å². The van der Waals surface area contributed by atoms with Crippen LogP contribution in [-0.4, -0.2) is 11.2 Å². The average molecular weight is 268 g/mol. The molecular formula is C12H13F5O. The first-order chi connectivity index (χ1) is 8.40. The third-order valence-corrected chi connectivity index (χ3v) is 2.62. The van der Waals surface area contributed by atoms with Crippen molar-refractivity contribution >= 4 is 0 Å². The van der Waals surface area contributed by atoms with E-state index in [2.05, 4.69) is 0 Å². The van der Waals surface area contributed by atoms with Crippen LogP contribution in [0.25, 0.3) is 0 Å². The van der Waals surface area contributed by atoms with Gasteiger partial charge in [-0.05, 0) is 12.5 Å². The maximum atomic E-state index is 13.7. The van der Waals surface area contributed by atoms with E-state index in [1.54, 1.807) is 6.92 Å². The topological polar surface area (TPSA) is 20.2 Å². The summed E-state index contributed by atoms with van der Waals surface area (Å²) in [4.78, 5) is 0. The van der Waals surface area contributed by atoms with Crippen LogP contribution >= 0.6 is 0 Å². The number of aliphatic hydroxyl groups is 1. The summed E-state index contributed by atoms with van der Waals surface area (Å²) >= 11 is 0. The fourth-order valence-electron chi connectivity index (χ4n) is 1.56. The Morgan fingerprint density at radius 2 is 1.72 bits per heavy atom. The van der Waals surface area contributed by atoms with Gasteiger partial charge in [0.05, 0.1) is 6.10 Å². The van der Waals surface area contributed by atoms with Gasteiger partial charge in [0.1, 0.15) is 0 Å². The van der Waals surface area contributed by atoms with Gasteiger partial charge in [-0.25, -0.2) is 22.0 Å². The molecular weight excluding hydrogens is 255 g/mol. The van der Waals surface area contributed by atoms with Crippen molar-refractivity contribution in [2.75, 3.05) is 0 Å². The highest BCUT2D eigenvalue weighted by Crippen LogP contribution is 2.30. The Morgan fingerprint density at radius 3 is 2.28 bits per heavy atom. The lowest BCUT2D eigenvalue weighted by Gasteiger charge is -2.16. The van der Waals surface area contributed by atoms with Gasteiger partial charge < -0.3 is 5.11 Å². The standard InChI is InChI=1S/C12H13F5O/c1-2-3-4-8(18)9(14)6-5-7(13)11(16)12(17)10(6)15/h5,8-9,18H,2-4H2,1H3. The lowest BCUT2D eigenvalue weighted by molar-refractivity contribution is 0.0657. The molecule has 6 heteroatoms. The first-order valence-corrected chi connectivity index (χ1v) is 5.55. The monoisotopic (exact) mass is 268 g/mol. The summed E-state index contributed by atoms with van der Waals surface area (Å²) < 4.78 is 65.3. The van der Waals surface area contributed by atoms with Crippen molar-refractivity contribution in [2.24, 2.45) is 0 Å². The van der Waals surface area contributed by atoms with Gasteiger partial charge >= 0.3 is 0 Å². The molecule has 0 amide bonds. The predicted molar refractivity (Wildman–Crippen MR) is 55.7 cm³/mol. The van der Waals surface area contributed by atoms with Crippen molar-refractivity contribution in [1.29, 1.82) is 0 Å². The van der Waals surface area contributed by atoms with E-state index in [-0.39, 0.29) is 12.5 Å². The fourth-order valence-corrected chi connectivity index (χ4v) is 1.56. The number of hydrogen-bond donors (Lipinski definition) is 1. The third kappa shape index (κ3) is 2.98. The SMILES string of the molecule is CCCCC(O)C(F)c1cc(F)c(F)c(F)c1F. The largest absolute Gasteiger partial charge is 0.390 e. The molecule has 102 valence electrons. The van der Waals surface area contributed by atoms with Crippen LogP contribution in [0.5, 0.6) is 0 Å². The van der Waals surface area contributed by atoms with Crippen molar-refractivity contribution in [1.82, 2.24) is 0 Å². The molecule has 0 saturated carbocycles. The molecule has 18 heavy (non-hydrogen) atoms. The molecule has 1 aromatic carbocycles. The Balaban J connectivity index is 3.02. The van der Waals surface area contributed by atoms with Gasteiger partial charge in [-0.3, -0.25) is 0 Å². The Labute approximate surface area is 101 Å². The number of aliphatic hydroxyl groups excluding tert-OH is 1. The van der Waals surface area contributed by atoms with Crippen molar-refractivity contribution < 1.29 is 27.1 Å². The summed E-state index contributed by atoms with van der Waals surface area (Å²) in [7, 11) is 0. The molecule has 0 fully saturated rings. The number of alkyl halides is 1. The van der Waals surface area contributed by atoms with Crippen LogP contribution in [0.2, 0.25) is 0 Å². The van der Waals surface area contributed by atoms with Gasteiger partial charge in [-0.2, -0.15) is 0 Å². The molecule has 1 aromatic rings. The summed E-state index contributed by atoms with van der Waals surface area (Å²) in [5.41, 5.74) is -1.00. The minimum atomic E-state index is -2.29. The first-order valence-electron chi connectivity index (χ1n) is 5.55. The Kier molecular flexibility index (Phi) is 5.07. The van der Waals surface area contributed by atoms with Gasteiger partial charge in [0.15, 0.2) is 29.4 Å². The van der Waals surface area contributed by atoms with Gasteiger partial charge in [-0.15, -0.1) is 0 Å². The van der Waals surface area contributed by atoms with E-state index in [4.69, 9.17) is 0 Å². The van der Waals surface area contributed by atoms with E-state index in [1.165, 1.54) is 0 Å². The summed E-state index contributed by atoms with van der Waals surface area (Å²) in [6.07, 6.45) is -2.68. The van der Waals surface area contributed by atoms with Gasteiger partial charge in [0.25, 0.3) is 0 Å². The smallest absolute Gasteiger partial charge is 0.197 e. The van der Waals surface area contributed by atoms with Crippen molar-refractivity contribution in [2.45, 2.75) is 38.5 Å². The first kappa shape index (κ1) is 14.9. The highest BCUT2D eigenvalue weighted by molar-refractivity contribution is 5.24. The van der Waals surface area contributed by atoms with Crippen LogP contribution in [0.15, 0.2) is 6.07 Å². The zero-order valence-electron chi connectivity index (χ0n) is 9.69. The lowest BCUT2D eigenvalue weighted by Crippen LogP contribution is -2.17.